The third-order valence-corrected chi connectivity index (χ3v) is 12.5. The van der Waals surface area contributed by atoms with Crippen LogP contribution in [-0.4, -0.2) is 0 Å². The highest BCUT2D eigenvalue weighted by Gasteiger charge is 2.29. The summed E-state index contributed by atoms with van der Waals surface area (Å²) in [7, 11) is -3.04. The fourth-order valence-corrected chi connectivity index (χ4v) is 9.75. The SMILES string of the molecule is O=P(c1ccccc1)(c1ccccc1)c1ccc(-c2ccc3c4c(cccc24)Oc2cc(-c4cccc5ccccc45)ccc2-3)cc1. The third kappa shape index (κ3) is 4.45. The Hall–Kier alpha value is -5.69. The van der Waals surface area contributed by atoms with Crippen LogP contribution >= 0.6 is 7.14 Å². The van der Waals surface area contributed by atoms with Crippen molar-refractivity contribution in [2.24, 2.45) is 0 Å². The molecule has 0 aliphatic carbocycles. The summed E-state index contributed by atoms with van der Waals surface area (Å²) in [5.41, 5.74) is 6.77. The fraction of sp³-hybridized carbons (Fsp3) is 0. The molecular weight excluding hydrogens is 591 g/mol. The highest BCUT2D eigenvalue weighted by Crippen LogP contribution is 2.50. The lowest BCUT2D eigenvalue weighted by Gasteiger charge is -2.24. The van der Waals surface area contributed by atoms with Crippen LogP contribution in [-0.2, 0) is 4.57 Å². The van der Waals surface area contributed by atoms with Crippen LogP contribution in [0.5, 0.6) is 11.5 Å². The lowest BCUT2D eigenvalue weighted by Crippen LogP contribution is -2.24. The van der Waals surface area contributed by atoms with Gasteiger partial charge in [0.15, 0.2) is 7.14 Å². The molecule has 2 nitrogen and oxygen atoms in total. The molecule has 0 amide bonds. The van der Waals surface area contributed by atoms with Gasteiger partial charge in [0.2, 0.25) is 0 Å². The van der Waals surface area contributed by atoms with E-state index < -0.39 is 7.14 Å². The summed E-state index contributed by atoms with van der Waals surface area (Å²) in [6, 6.07) is 60.1. The maximum atomic E-state index is 14.9. The standard InChI is InChI=1S/C44H29O2P/c45-47(33-13-3-1-4-14-33,34-15-5-2-6-16-34)35-24-21-31(22-25-35)38-27-28-41-39-26-23-32(37-18-9-12-30-11-7-8-17-36(30)37)29-43(39)46-42-20-10-19-40(38)44(41)42/h1-29H. The van der Waals surface area contributed by atoms with Crippen LogP contribution in [0, 0.1) is 0 Å². The van der Waals surface area contributed by atoms with Crippen LogP contribution in [0.3, 0.4) is 0 Å². The van der Waals surface area contributed by atoms with Crippen LogP contribution in [0.2, 0.25) is 0 Å². The second-order valence-electron chi connectivity index (χ2n) is 12.0. The first-order chi connectivity index (χ1) is 23.2. The average Bonchev–Trinajstić information content (AvgIpc) is 3.15. The van der Waals surface area contributed by atoms with Crippen molar-refractivity contribution < 1.29 is 9.30 Å². The van der Waals surface area contributed by atoms with Gasteiger partial charge in [-0.25, -0.2) is 0 Å². The predicted octanol–water partition coefficient (Wildman–Crippen LogP) is 10.7. The van der Waals surface area contributed by atoms with Gasteiger partial charge in [0.05, 0.1) is 0 Å². The Morgan fingerprint density at radius 2 is 0.936 bits per heavy atom. The maximum absolute atomic E-state index is 14.9. The van der Waals surface area contributed by atoms with Crippen LogP contribution in [0.4, 0.5) is 0 Å². The summed E-state index contributed by atoms with van der Waals surface area (Å²) < 4.78 is 21.5. The van der Waals surface area contributed by atoms with Crippen molar-refractivity contribution in [1.29, 1.82) is 0 Å². The number of ether oxygens (including phenoxy) is 1. The number of benzene rings is 8. The Morgan fingerprint density at radius 1 is 0.383 bits per heavy atom. The van der Waals surface area contributed by atoms with Gasteiger partial charge < -0.3 is 9.30 Å². The lowest BCUT2D eigenvalue weighted by molar-refractivity contribution is 0.487. The van der Waals surface area contributed by atoms with E-state index in [1.54, 1.807) is 0 Å². The lowest BCUT2D eigenvalue weighted by atomic mass is 9.89. The smallest absolute Gasteiger partial charge is 0.171 e. The molecule has 0 N–H and O–H groups in total. The van der Waals surface area contributed by atoms with Crippen molar-refractivity contribution >= 4 is 44.6 Å². The van der Waals surface area contributed by atoms with Crippen molar-refractivity contribution in [3.05, 3.63) is 176 Å². The maximum Gasteiger partial charge on any atom is 0.171 e. The molecule has 222 valence electrons. The molecule has 0 atom stereocenters. The zero-order valence-corrected chi connectivity index (χ0v) is 26.4. The van der Waals surface area contributed by atoms with Crippen molar-refractivity contribution in [2.45, 2.75) is 0 Å². The Bertz CT molecular complexity index is 2450. The minimum atomic E-state index is -3.04. The van der Waals surface area contributed by atoms with E-state index in [-0.39, 0.29) is 0 Å². The minimum absolute atomic E-state index is 0.820. The summed E-state index contributed by atoms with van der Waals surface area (Å²) >= 11 is 0. The van der Waals surface area contributed by atoms with E-state index in [4.69, 9.17) is 4.74 Å². The molecule has 0 saturated heterocycles. The first-order valence-electron chi connectivity index (χ1n) is 15.9. The van der Waals surface area contributed by atoms with Gasteiger partial charge in [0.25, 0.3) is 0 Å². The summed E-state index contributed by atoms with van der Waals surface area (Å²) in [6.07, 6.45) is 0. The van der Waals surface area contributed by atoms with Crippen LogP contribution in [0.1, 0.15) is 0 Å². The van der Waals surface area contributed by atoms with Crippen LogP contribution in [0.15, 0.2) is 176 Å². The molecule has 0 bridgehead atoms. The molecule has 0 spiro atoms. The van der Waals surface area contributed by atoms with Crippen molar-refractivity contribution in [3.63, 3.8) is 0 Å². The number of fused-ring (bicyclic) bond motifs is 3. The van der Waals surface area contributed by atoms with E-state index in [0.29, 0.717) is 0 Å². The summed E-state index contributed by atoms with van der Waals surface area (Å²) in [6.45, 7) is 0. The average molecular weight is 621 g/mol. The van der Waals surface area contributed by atoms with Crippen molar-refractivity contribution in [2.75, 3.05) is 0 Å². The molecule has 0 radical (unpaired) electrons. The molecular formula is C44H29O2P. The summed E-state index contributed by atoms with van der Waals surface area (Å²) in [5, 5.41) is 7.18. The summed E-state index contributed by atoms with van der Waals surface area (Å²) in [4.78, 5) is 0. The molecule has 0 unspecified atom stereocenters. The van der Waals surface area contributed by atoms with Gasteiger partial charge in [-0.2, -0.15) is 0 Å². The fourth-order valence-electron chi connectivity index (χ4n) is 7.10. The highest BCUT2D eigenvalue weighted by atomic mass is 31.2. The zero-order valence-electron chi connectivity index (χ0n) is 25.5. The molecule has 0 aromatic heterocycles. The van der Waals surface area contributed by atoms with Crippen LogP contribution < -0.4 is 20.7 Å². The van der Waals surface area contributed by atoms with Gasteiger partial charge in [0, 0.05) is 26.9 Å². The van der Waals surface area contributed by atoms with E-state index in [2.05, 4.69) is 103 Å². The number of rotatable bonds is 5. The third-order valence-electron chi connectivity index (χ3n) is 9.38. The molecule has 1 heterocycles. The molecule has 8 aromatic carbocycles. The monoisotopic (exact) mass is 620 g/mol. The molecule has 3 heteroatoms. The number of hydrogen-bond donors (Lipinski definition) is 0. The Labute approximate surface area is 273 Å². The van der Waals surface area contributed by atoms with E-state index in [1.807, 2.05) is 72.8 Å². The molecule has 0 saturated carbocycles. The minimum Gasteiger partial charge on any atom is -0.456 e. The summed E-state index contributed by atoms with van der Waals surface area (Å²) in [5.74, 6) is 1.72. The Balaban J connectivity index is 1.13. The molecule has 1 aliphatic heterocycles. The topological polar surface area (TPSA) is 26.3 Å². The Morgan fingerprint density at radius 3 is 1.70 bits per heavy atom. The van der Waals surface area contributed by atoms with Gasteiger partial charge in [-0.05, 0) is 62.2 Å². The molecule has 1 aliphatic rings. The molecule has 47 heavy (non-hydrogen) atoms. The van der Waals surface area contributed by atoms with Crippen molar-refractivity contribution in [3.8, 4) is 44.9 Å². The van der Waals surface area contributed by atoms with Gasteiger partial charge in [-0.3, -0.25) is 0 Å². The highest BCUT2D eigenvalue weighted by molar-refractivity contribution is 7.85. The first-order valence-corrected chi connectivity index (χ1v) is 17.6. The number of hydrogen-bond acceptors (Lipinski definition) is 2. The van der Waals surface area contributed by atoms with Gasteiger partial charge >= 0.3 is 0 Å². The normalized spacial score (nSPS) is 12.1. The van der Waals surface area contributed by atoms with E-state index in [0.717, 1.165) is 60.4 Å². The van der Waals surface area contributed by atoms with Crippen LogP contribution in [0.25, 0.3) is 54.9 Å². The second-order valence-corrected chi connectivity index (χ2v) is 14.8. The van der Waals surface area contributed by atoms with Gasteiger partial charge in [-0.1, -0.05) is 158 Å². The second kappa shape index (κ2) is 11.0. The zero-order chi connectivity index (χ0) is 31.4. The molecule has 8 aromatic rings. The van der Waals surface area contributed by atoms with Crippen molar-refractivity contribution in [1.82, 2.24) is 0 Å². The molecule has 0 fully saturated rings. The predicted molar refractivity (Wildman–Crippen MR) is 197 cm³/mol. The van der Waals surface area contributed by atoms with E-state index >= 15 is 0 Å². The Kier molecular flexibility index (Phi) is 6.45. The van der Waals surface area contributed by atoms with E-state index in [9.17, 15) is 4.57 Å². The quantitative estimate of drug-likeness (QED) is 0.179. The molecule has 9 rings (SSSR count). The van der Waals surface area contributed by atoms with Gasteiger partial charge in [-0.15, -0.1) is 0 Å². The largest absolute Gasteiger partial charge is 0.456 e. The van der Waals surface area contributed by atoms with E-state index in [1.165, 1.54) is 21.9 Å². The van der Waals surface area contributed by atoms with Gasteiger partial charge in [0.1, 0.15) is 11.5 Å². The first kappa shape index (κ1) is 27.6.